The van der Waals surface area contributed by atoms with Gasteiger partial charge < -0.3 is 19.1 Å². The summed E-state index contributed by atoms with van der Waals surface area (Å²) in [7, 11) is 0. The molecule has 1 aliphatic rings. The van der Waals surface area contributed by atoms with E-state index in [2.05, 4.69) is 24.8 Å². The largest absolute Gasteiger partial charge is 0.450 e. The predicted octanol–water partition coefficient (Wildman–Crippen LogP) is 4.13. The second-order valence-electron chi connectivity index (χ2n) is 8.61. The van der Waals surface area contributed by atoms with E-state index in [1.54, 1.807) is 35.0 Å². The molecule has 3 aromatic heterocycles. The fraction of sp³-hybridized carbons (Fsp3) is 0.320. The van der Waals surface area contributed by atoms with Crippen LogP contribution in [0.5, 0.6) is 0 Å². The van der Waals surface area contributed by atoms with Crippen LogP contribution in [0.2, 0.25) is 0 Å². The number of piperazine rings is 1. The van der Waals surface area contributed by atoms with Crippen LogP contribution in [0, 0.1) is 18.6 Å². The molecule has 1 atom stereocenters. The van der Waals surface area contributed by atoms with Crippen LogP contribution in [0.1, 0.15) is 19.5 Å². The van der Waals surface area contributed by atoms with Crippen molar-refractivity contribution < 1.29 is 18.3 Å². The van der Waals surface area contributed by atoms with Gasteiger partial charge in [0.15, 0.2) is 5.65 Å². The van der Waals surface area contributed by atoms with Gasteiger partial charge in [0.05, 0.1) is 29.1 Å². The smallest absolute Gasteiger partial charge is 0.410 e. The van der Waals surface area contributed by atoms with Gasteiger partial charge in [-0.15, -0.1) is 0 Å². The molecule has 1 unspecified atom stereocenters. The maximum absolute atomic E-state index is 14.1. The minimum Gasteiger partial charge on any atom is -0.450 e. The van der Waals surface area contributed by atoms with Crippen LogP contribution in [0.4, 0.5) is 19.4 Å². The van der Waals surface area contributed by atoms with E-state index in [1.807, 2.05) is 13.8 Å². The molecule has 0 bridgehead atoms. The van der Waals surface area contributed by atoms with E-state index in [0.717, 1.165) is 6.07 Å². The number of rotatable bonds is 4. The molecule has 0 N–H and O–H groups in total. The molecule has 11 heteroatoms. The van der Waals surface area contributed by atoms with Crippen molar-refractivity contribution in [2.75, 3.05) is 31.1 Å². The molecule has 0 radical (unpaired) electrons. The number of nitrogens with zero attached hydrogens (tertiary/aromatic N) is 7. The Labute approximate surface area is 206 Å². The Balaban J connectivity index is 1.66. The zero-order valence-electron chi connectivity index (χ0n) is 20.2. The van der Waals surface area contributed by atoms with E-state index in [1.165, 1.54) is 18.5 Å². The molecule has 9 nitrogen and oxygen atoms in total. The molecule has 1 fully saturated rings. The number of benzene rings is 1. The highest BCUT2D eigenvalue weighted by Gasteiger charge is 2.31. The summed E-state index contributed by atoms with van der Waals surface area (Å²) in [6.07, 6.45) is 6.05. The first-order valence-electron chi connectivity index (χ1n) is 11.7. The summed E-state index contributed by atoms with van der Waals surface area (Å²) in [6, 6.07) is 3.20. The molecule has 1 amide bonds. The quantitative estimate of drug-likeness (QED) is 0.422. The molecule has 0 aliphatic carbocycles. The van der Waals surface area contributed by atoms with Crippen molar-refractivity contribution >= 4 is 22.9 Å². The zero-order chi connectivity index (χ0) is 25.4. The van der Waals surface area contributed by atoms with Gasteiger partial charge >= 0.3 is 6.09 Å². The number of fused-ring (bicyclic) bond motifs is 1. The number of carbonyl (C=O) groups excluding carboxylic acids is 1. The van der Waals surface area contributed by atoms with Gasteiger partial charge in [0.2, 0.25) is 0 Å². The summed E-state index contributed by atoms with van der Waals surface area (Å²) >= 11 is 0. The van der Waals surface area contributed by atoms with Crippen LogP contribution >= 0.6 is 0 Å². The predicted molar refractivity (Wildman–Crippen MR) is 130 cm³/mol. The Hall–Kier alpha value is -4.15. The van der Waals surface area contributed by atoms with Crippen molar-refractivity contribution in [3.63, 3.8) is 0 Å². The molecule has 4 heterocycles. The lowest BCUT2D eigenvalue weighted by atomic mass is 10.1. The Morgan fingerprint density at radius 1 is 1.08 bits per heavy atom. The van der Waals surface area contributed by atoms with E-state index in [-0.39, 0.29) is 17.8 Å². The highest BCUT2D eigenvalue weighted by Crippen LogP contribution is 2.37. The Morgan fingerprint density at radius 2 is 1.83 bits per heavy atom. The number of amides is 1. The van der Waals surface area contributed by atoms with Crippen LogP contribution in [-0.2, 0) is 4.74 Å². The number of hydrogen-bond acceptors (Lipinski definition) is 7. The first-order valence-corrected chi connectivity index (χ1v) is 11.7. The van der Waals surface area contributed by atoms with Crippen molar-refractivity contribution in [1.82, 2.24) is 29.4 Å². The lowest BCUT2D eigenvalue weighted by molar-refractivity contribution is 0.0891. The number of aromatic nitrogens is 5. The van der Waals surface area contributed by atoms with Gasteiger partial charge in [-0.3, -0.25) is 9.97 Å². The Kier molecular flexibility index (Phi) is 6.21. The lowest BCUT2D eigenvalue weighted by Crippen LogP contribution is -2.54. The van der Waals surface area contributed by atoms with Crippen molar-refractivity contribution in [1.29, 1.82) is 0 Å². The van der Waals surface area contributed by atoms with E-state index < -0.39 is 11.6 Å². The first kappa shape index (κ1) is 23.6. The van der Waals surface area contributed by atoms with Crippen LogP contribution in [-0.4, -0.2) is 67.8 Å². The number of carbonyl (C=O) groups is 1. The van der Waals surface area contributed by atoms with Gasteiger partial charge in [0.25, 0.3) is 0 Å². The van der Waals surface area contributed by atoms with Crippen LogP contribution in [0.15, 0.2) is 43.1 Å². The number of hydrogen-bond donors (Lipinski definition) is 0. The second kappa shape index (κ2) is 9.48. The normalized spacial score (nSPS) is 16.0. The molecule has 186 valence electrons. The number of halogens is 2. The van der Waals surface area contributed by atoms with Gasteiger partial charge in [0.1, 0.15) is 23.8 Å². The Bertz CT molecular complexity index is 1420. The van der Waals surface area contributed by atoms with Gasteiger partial charge in [-0.1, -0.05) is 0 Å². The van der Waals surface area contributed by atoms with Crippen molar-refractivity contribution in [2.45, 2.75) is 26.8 Å². The van der Waals surface area contributed by atoms with E-state index in [9.17, 15) is 13.6 Å². The second-order valence-corrected chi connectivity index (χ2v) is 8.61. The molecule has 1 saturated heterocycles. The van der Waals surface area contributed by atoms with Gasteiger partial charge in [0, 0.05) is 55.9 Å². The third kappa shape index (κ3) is 4.21. The Morgan fingerprint density at radius 3 is 2.53 bits per heavy atom. The SMILES string of the molecule is CCOC(=O)N1CCN(c2ncnc3c2c(-c2nccnc2C)cn3-c2cc(F)cc(F)c2)CC1C. The third-order valence-corrected chi connectivity index (χ3v) is 6.25. The maximum Gasteiger partial charge on any atom is 0.410 e. The lowest BCUT2D eigenvalue weighted by Gasteiger charge is -2.39. The number of ether oxygens (including phenoxy) is 1. The summed E-state index contributed by atoms with van der Waals surface area (Å²) in [4.78, 5) is 34.1. The average molecular weight is 494 g/mol. The summed E-state index contributed by atoms with van der Waals surface area (Å²) in [5.74, 6) is -0.740. The van der Waals surface area contributed by atoms with Gasteiger partial charge in [-0.25, -0.2) is 23.5 Å². The van der Waals surface area contributed by atoms with E-state index in [4.69, 9.17) is 4.74 Å². The minimum atomic E-state index is -0.692. The molecule has 36 heavy (non-hydrogen) atoms. The van der Waals surface area contributed by atoms with E-state index >= 15 is 0 Å². The zero-order valence-corrected chi connectivity index (χ0v) is 20.2. The molecule has 0 spiro atoms. The van der Waals surface area contributed by atoms with Gasteiger partial charge in [-0.2, -0.15) is 0 Å². The summed E-state index contributed by atoms with van der Waals surface area (Å²) < 4.78 is 35.1. The standard InChI is InChI=1S/C25H25F2N7O2/c1-4-36-25(35)33-8-7-32(12-15(33)2)23-21-20(22-16(3)28-5-6-29-22)13-34(24(21)31-14-30-23)19-10-17(26)9-18(27)11-19/h5-6,9-11,13-15H,4,7-8,12H2,1-3H3. The summed E-state index contributed by atoms with van der Waals surface area (Å²) in [5, 5.41) is 0.683. The molecule has 1 aliphatic heterocycles. The topological polar surface area (TPSA) is 89.3 Å². The molecular formula is C25H25F2N7O2. The number of anilines is 1. The minimum absolute atomic E-state index is 0.121. The first-order chi connectivity index (χ1) is 17.4. The average Bonchev–Trinajstić information content (AvgIpc) is 3.23. The third-order valence-electron chi connectivity index (χ3n) is 6.25. The fourth-order valence-electron chi connectivity index (χ4n) is 4.64. The van der Waals surface area contributed by atoms with Gasteiger partial charge in [-0.05, 0) is 32.9 Å². The van der Waals surface area contributed by atoms with Crippen LogP contribution in [0.25, 0.3) is 28.0 Å². The van der Waals surface area contributed by atoms with Crippen LogP contribution in [0.3, 0.4) is 0 Å². The van der Waals surface area contributed by atoms with E-state index in [0.29, 0.717) is 60.0 Å². The molecule has 0 saturated carbocycles. The van der Waals surface area contributed by atoms with Crippen molar-refractivity contribution in [2.24, 2.45) is 0 Å². The van der Waals surface area contributed by atoms with Crippen LogP contribution < -0.4 is 4.90 Å². The molecule has 4 aromatic rings. The highest BCUT2D eigenvalue weighted by molar-refractivity contribution is 6.02. The monoisotopic (exact) mass is 493 g/mol. The number of aryl methyl sites for hydroxylation is 1. The fourth-order valence-corrected chi connectivity index (χ4v) is 4.64. The highest BCUT2D eigenvalue weighted by atomic mass is 19.1. The summed E-state index contributed by atoms with van der Waals surface area (Å²) in [6.45, 7) is 7.39. The molecule has 5 rings (SSSR count). The molecular weight excluding hydrogens is 468 g/mol. The van der Waals surface area contributed by atoms with Crippen molar-refractivity contribution in [3.8, 4) is 16.9 Å². The van der Waals surface area contributed by atoms with Crippen molar-refractivity contribution in [3.05, 3.63) is 60.4 Å². The maximum atomic E-state index is 14.1. The summed E-state index contributed by atoms with van der Waals surface area (Å²) in [5.41, 5.74) is 2.77. The molecule has 1 aromatic carbocycles.